The summed E-state index contributed by atoms with van der Waals surface area (Å²) in [5, 5.41) is 19.3. The lowest BCUT2D eigenvalue weighted by molar-refractivity contribution is -0.172. The maximum atomic E-state index is 10.7. The summed E-state index contributed by atoms with van der Waals surface area (Å²) in [6.07, 6.45) is -5.53. The Morgan fingerprint density at radius 2 is 2.19 bits per heavy atom. The van der Waals surface area contributed by atoms with Crippen LogP contribution >= 0.6 is 0 Å². The number of aliphatic hydroxyl groups excluding tert-OH is 2. The summed E-state index contributed by atoms with van der Waals surface area (Å²) >= 11 is 0. The minimum atomic E-state index is -1.16. The largest absolute Gasteiger partial charge is 0.508 e. The van der Waals surface area contributed by atoms with Crippen molar-refractivity contribution < 1.29 is 34.0 Å². The number of rotatable bonds is 3. The molecule has 2 N–H and O–H groups in total. The molecule has 0 aliphatic carbocycles. The smallest absolute Gasteiger partial charge is 0.430 e. The third-order valence-corrected chi connectivity index (χ3v) is 2.57. The van der Waals surface area contributed by atoms with E-state index in [-0.39, 0.29) is 6.61 Å². The van der Waals surface area contributed by atoms with Crippen LogP contribution in [0.15, 0.2) is 0 Å². The fourth-order valence-electron chi connectivity index (χ4n) is 1.78. The van der Waals surface area contributed by atoms with Crippen LogP contribution in [-0.2, 0) is 18.9 Å². The van der Waals surface area contributed by atoms with Gasteiger partial charge in [-0.05, 0) is 6.92 Å². The fraction of sp³-hybridized carbons (Fsp3) is 0.889. The van der Waals surface area contributed by atoms with E-state index in [4.69, 9.17) is 14.2 Å². The van der Waals surface area contributed by atoms with E-state index in [2.05, 4.69) is 4.74 Å². The molecule has 2 heterocycles. The molecular weight excluding hydrogens is 220 g/mol. The van der Waals surface area contributed by atoms with E-state index in [1.807, 2.05) is 0 Å². The highest BCUT2D eigenvalue weighted by Gasteiger charge is 2.50. The van der Waals surface area contributed by atoms with Gasteiger partial charge in [0, 0.05) is 6.61 Å². The highest BCUT2D eigenvalue weighted by molar-refractivity contribution is 5.62. The maximum Gasteiger partial charge on any atom is 0.508 e. The van der Waals surface area contributed by atoms with E-state index >= 15 is 0 Å². The third-order valence-electron chi connectivity index (χ3n) is 2.57. The van der Waals surface area contributed by atoms with Gasteiger partial charge < -0.3 is 29.2 Å². The first-order valence-corrected chi connectivity index (χ1v) is 5.10. The van der Waals surface area contributed by atoms with Crippen molar-refractivity contribution in [3.8, 4) is 0 Å². The van der Waals surface area contributed by atoms with Crippen molar-refractivity contribution in [2.75, 3.05) is 13.2 Å². The van der Waals surface area contributed by atoms with Crippen LogP contribution in [0, 0.1) is 0 Å². The van der Waals surface area contributed by atoms with Gasteiger partial charge in [0.05, 0.1) is 0 Å². The number of carbonyl (C=O) groups is 1. The van der Waals surface area contributed by atoms with Crippen molar-refractivity contribution in [3.63, 3.8) is 0 Å². The molecule has 92 valence electrons. The predicted molar refractivity (Wildman–Crippen MR) is 48.5 cm³/mol. The summed E-state index contributed by atoms with van der Waals surface area (Å²) in [5.74, 6) is 0. The highest BCUT2D eigenvalue weighted by atomic mass is 16.8. The molecule has 5 atom stereocenters. The van der Waals surface area contributed by atoms with Crippen molar-refractivity contribution in [3.05, 3.63) is 0 Å². The standard InChI is InChI=1S/C9H14O7/c1-2-13-8-6(11)5(10)7(16-8)4-3-14-9(12)15-4/h4-8,10-11H,2-3H2,1H3/t4-,5-,6-,7-,8+/m0/s1. The molecule has 0 amide bonds. The zero-order chi connectivity index (χ0) is 11.7. The summed E-state index contributed by atoms with van der Waals surface area (Å²) in [7, 11) is 0. The second kappa shape index (κ2) is 4.54. The topological polar surface area (TPSA) is 94.5 Å². The van der Waals surface area contributed by atoms with Crippen LogP contribution in [0.1, 0.15) is 6.92 Å². The number of carbonyl (C=O) groups excluding carboxylic acids is 1. The normalized spacial score (nSPS) is 43.2. The number of hydrogen-bond acceptors (Lipinski definition) is 7. The van der Waals surface area contributed by atoms with Gasteiger partial charge in [0.15, 0.2) is 12.4 Å². The molecule has 2 aliphatic rings. The Kier molecular flexibility index (Phi) is 3.29. The molecule has 0 radical (unpaired) electrons. The van der Waals surface area contributed by atoms with Gasteiger partial charge in [-0.25, -0.2) is 4.79 Å². The Bertz CT molecular complexity index is 269. The highest BCUT2D eigenvalue weighted by Crippen LogP contribution is 2.27. The fourth-order valence-corrected chi connectivity index (χ4v) is 1.78. The number of cyclic esters (lactones) is 2. The molecule has 2 rings (SSSR count). The average molecular weight is 234 g/mol. The Labute approximate surface area is 91.9 Å². The summed E-state index contributed by atoms with van der Waals surface area (Å²) in [6.45, 7) is 2.10. The van der Waals surface area contributed by atoms with Gasteiger partial charge in [-0.15, -0.1) is 0 Å². The predicted octanol–water partition coefficient (Wildman–Crippen LogP) is -0.995. The van der Waals surface area contributed by atoms with Crippen LogP contribution in [-0.4, -0.2) is 60.3 Å². The average Bonchev–Trinajstić information content (AvgIpc) is 2.78. The van der Waals surface area contributed by atoms with Gasteiger partial charge in [0.2, 0.25) is 0 Å². The molecule has 2 saturated heterocycles. The van der Waals surface area contributed by atoms with Gasteiger partial charge >= 0.3 is 6.16 Å². The lowest BCUT2D eigenvalue weighted by atomic mass is 10.1. The Hall–Kier alpha value is -0.890. The van der Waals surface area contributed by atoms with E-state index in [1.165, 1.54) is 0 Å². The molecule has 0 aromatic heterocycles. The second-order valence-corrected chi connectivity index (χ2v) is 3.62. The van der Waals surface area contributed by atoms with Gasteiger partial charge in [-0.2, -0.15) is 0 Å². The number of ether oxygens (including phenoxy) is 4. The van der Waals surface area contributed by atoms with Crippen molar-refractivity contribution >= 4 is 6.16 Å². The maximum absolute atomic E-state index is 10.7. The van der Waals surface area contributed by atoms with E-state index < -0.39 is 36.9 Å². The second-order valence-electron chi connectivity index (χ2n) is 3.62. The molecule has 0 bridgehead atoms. The van der Waals surface area contributed by atoms with E-state index in [0.29, 0.717) is 6.61 Å². The molecule has 16 heavy (non-hydrogen) atoms. The van der Waals surface area contributed by atoms with Gasteiger partial charge in [0.25, 0.3) is 0 Å². The quantitative estimate of drug-likeness (QED) is 0.605. The molecule has 0 saturated carbocycles. The molecule has 0 aromatic rings. The minimum Gasteiger partial charge on any atom is -0.430 e. The van der Waals surface area contributed by atoms with E-state index in [1.54, 1.807) is 6.92 Å². The summed E-state index contributed by atoms with van der Waals surface area (Å²) < 4.78 is 19.7. The molecule has 2 aliphatic heterocycles. The first kappa shape index (κ1) is 11.6. The molecule has 7 heteroatoms. The monoisotopic (exact) mass is 234 g/mol. The Morgan fingerprint density at radius 1 is 1.44 bits per heavy atom. The Morgan fingerprint density at radius 3 is 2.75 bits per heavy atom. The number of hydrogen-bond donors (Lipinski definition) is 2. The molecule has 0 unspecified atom stereocenters. The molecule has 2 fully saturated rings. The van der Waals surface area contributed by atoms with Crippen LogP contribution < -0.4 is 0 Å². The lowest BCUT2D eigenvalue weighted by Gasteiger charge is -2.17. The van der Waals surface area contributed by atoms with Crippen LogP contribution in [0.2, 0.25) is 0 Å². The zero-order valence-corrected chi connectivity index (χ0v) is 8.74. The summed E-state index contributed by atoms with van der Waals surface area (Å²) in [4.78, 5) is 10.7. The summed E-state index contributed by atoms with van der Waals surface area (Å²) in [5.41, 5.74) is 0. The molecule has 0 spiro atoms. The van der Waals surface area contributed by atoms with Crippen LogP contribution in [0.25, 0.3) is 0 Å². The summed E-state index contributed by atoms with van der Waals surface area (Å²) in [6, 6.07) is 0. The van der Waals surface area contributed by atoms with E-state index in [0.717, 1.165) is 0 Å². The van der Waals surface area contributed by atoms with Crippen LogP contribution in [0.3, 0.4) is 0 Å². The van der Waals surface area contributed by atoms with Crippen molar-refractivity contribution in [2.24, 2.45) is 0 Å². The SMILES string of the molecule is CCO[C@@H]1O[C@@H]([C@@H]2COC(=O)O2)[C@@H](O)[C@@H]1O. The number of aliphatic hydroxyl groups is 2. The van der Waals surface area contributed by atoms with Gasteiger partial charge in [-0.3, -0.25) is 0 Å². The third kappa shape index (κ3) is 1.99. The minimum absolute atomic E-state index is 0.00608. The lowest BCUT2D eigenvalue weighted by Crippen LogP contribution is -2.40. The molecule has 0 aromatic carbocycles. The van der Waals surface area contributed by atoms with Crippen LogP contribution in [0.5, 0.6) is 0 Å². The van der Waals surface area contributed by atoms with Gasteiger partial charge in [0.1, 0.15) is 24.9 Å². The van der Waals surface area contributed by atoms with Crippen molar-refractivity contribution in [1.82, 2.24) is 0 Å². The zero-order valence-electron chi connectivity index (χ0n) is 8.74. The van der Waals surface area contributed by atoms with E-state index in [9.17, 15) is 15.0 Å². The Balaban J connectivity index is 1.98. The first-order valence-electron chi connectivity index (χ1n) is 5.10. The van der Waals surface area contributed by atoms with Crippen LogP contribution in [0.4, 0.5) is 4.79 Å². The molecular formula is C9H14O7. The van der Waals surface area contributed by atoms with Gasteiger partial charge in [-0.1, -0.05) is 0 Å². The van der Waals surface area contributed by atoms with Crippen molar-refractivity contribution in [2.45, 2.75) is 37.6 Å². The van der Waals surface area contributed by atoms with Crippen molar-refractivity contribution in [1.29, 1.82) is 0 Å². The first-order chi connectivity index (χ1) is 7.63. The molecule has 7 nitrogen and oxygen atoms in total.